The average Bonchev–Trinajstić information content (AvgIpc) is 2.98. The van der Waals surface area contributed by atoms with Crippen LogP contribution < -0.4 is 10.1 Å². The second-order valence-electron chi connectivity index (χ2n) is 4.94. The van der Waals surface area contributed by atoms with Gasteiger partial charge in [-0.15, -0.1) is 0 Å². The van der Waals surface area contributed by atoms with Crippen LogP contribution in [0.1, 0.15) is 11.3 Å². The van der Waals surface area contributed by atoms with Crippen molar-refractivity contribution >= 4 is 23.5 Å². The number of benzene rings is 1. The zero-order chi connectivity index (χ0) is 16.8. The molecule has 3 N–H and O–H groups in total. The molecule has 1 heterocycles. The van der Waals surface area contributed by atoms with E-state index in [0.717, 1.165) is 5.56 Å². The number of aromatic amines is 1. The Labute approximate surface area is 137 Å². The fourth-order valence-corrected chi connectivity index (χ4v) is 2.20. The number of hydrogen-bond acceptors (Lipinski definition) is 4. The largest absolute Gasteiger partial charge is 0.484 e. The van der Waals surface area contributed by atoms with E-state index in [2.05, 4.69) is 15.3 Å². The van der Waals surface area contributed by atoms with E-state index in [4.69, 9.17) is 16.3 Å². The number of imidazole rings is 1. The number of carbonyl (C=O) groups is 2. The molecule has 7 nitrogen and oxygen atoms in total. The van der Waals surface area contributed by atoms with Gasteiger partial charge in [0.25, 0.3) is 5.91 Å². The molecule has 8 heteroatoms. The molecule has 0 radical (unpaired) electrons. The van der Waals surface area contributed by atoms with Gasteiger partial charge in [-0.3, -0.25) is 4.79 Å². The van der Waals surface area contributed by atoms with Gasteiger partial charge in [0.05, 0.1) is 6.33 Å². The molecule has 1 aromatic carbocycles. The number of nitrogens with one attached hydrogen (secondary N) is 2. The van der Waals surface area contributed by atoms with Crippen molar-refractivity contribution in [2.24, 2.45) is 0 Å². The first kappa shape index (κ1) is 16.8. The lowest BCUT2D eigenvalue weighted by atomic mass is 10.1. The Kier molecular flexibility index (Phi) is 5.59. The van der Waals surface area contributed by atoms with Gasteiger partial charge >= 0.3 is 5.97 Å². The molecule has 0 saturated heterocycles. The highest BCUT2D eigenvalue weighted by Crippen LogP contribution is 2.21. The summed E-state index contributed by atoms with van der Waals surface area (Å²) in [6.45, 7) is 1.52. The fourth-order valence-electron chi connectivity index (χ4n) is 1.97. The van der Waals surface area contributed by atoms with Crippen molar-refractivity contribution in [1.82, 2.24) is 15.3 Å². The molecule has 0 unspecified atom stereocenters. The van der Waals surface area contributed by atoms with Crippen LogP contribution in [-0.4, -0.2) is 39.6 Å². The lowest BCUT2D eigenvalue weighted by Gasteiger charge is -2.14. The second-order valence-corrected chi connectivity index (χ2v) is 5.37. The minimum atomic E-state index is -1.13. The minimum absolute atomic E-state index is 0.112. The molecule has 1 amide bonds. The smallest absolute Gasteiger partial charge is 0.326 e. The van der Waals surface area contributed by atoms with Crippen molar-refractivity contribution in [2.45, 2.75) is 19.4 Å². The number of ether oxygens (including phenoxy) is 1. The maximum Gasteiger partial charge on any atom is 0.326 e. The first-order chi connectivity index (χ1) is 11.0. The van der Waals surface area contributed by atoms with E-state index in [0.29, 0.717) is 16.5 Å². The van der Waals surface area contributed by atoms with E-state index >= 15 is 0 Å². The maximum atomic E-state index is 11.9. The lowest BCUT2D eigenvalue weighted by Crippen LogP contribution is -2.44. The molecular formula is C15H16ClN3O4. The summed E-state index contributed by atoms with van der Waals surface area (Å²) < 4.78 is 5.39. The third-order valence-corrected chi connectivity index (χ3v) is 3.34. The summed E-state index contributed by atoms with van der Waals surface area (Å²) in [5.74, 6) is -1.13. The van der Waals surface area contributed by atoms with Gasteiger partial charge < -0.3 is 20.1 Å². The number of nitrogens with zero attached hydrogens (tertiary/aromatic N) is 1. The zero-order valence-corrected chi connectivity index (χ0v) is 13.1. The topological polar surface area (TPSA) is 104 Å². The Bertz CT molecular complexity index is 688. The number of carbonyl (C=O) groups excluding carboxylic acids is 1. The predicted octanol–water partition coefficient (Wildman–Crippen LogP) is 1.56. The first-order valence-electron chi connectivity index (χ1n) is 6.84. The van der Waals surface area contributed by atoms with Crippen LogP contribution in [0, 0.1) is 6.92 Å². The summed E-state index contributed by atoms with van der Waals surface area (Å²) in [7, 11) is 0. The zero-order valence-electron chi connectivity index (χ0n) is 12.4. The number of amides is 1. The van der Waals surface area contributed by atoms with Gasteiger partial charge in [-0.1, -0.05) is 11.6 Å². The van der Waals surface area contributed by atoms with Crippen molar-refractivity contribution in [3.8, 4) is 5.75 Å². The van der Waals surface area contributed by atoms with E-state index in [-0.39, 0.29) is 13.0 Å². The molecule has 122 valence electrons. The summed E-state index contributed by atoms with van der Waals surface area (Å²) in [5, 5.41) is 12.2. The quantitative estimate of drug-likeness (QED) is 0.711. The third-order valence-electron chi connectivity index (χ3n) is 3.11. The Morgan fingerprint density at radius 3 is 2.87 bits per heavy atom. The van der Waals surface area contributed by atoms with Crippen LogP contribution in [0.4, 0.5) is 0 Å². The Balaban J connectivity index is 1.90. The Morgan fingerprint density at radius 2 is 2.26 bits per heavy atom. The maximum absolute atomic E-state index is 11.9. The number of halogens is 1. The molecule has 0 aliphatic carbocycles. The van der Waals surface area contributed by atoms with Crippen molar-refractivity contribution < 1.29 is 19.4 Å². The van der Waals surface area contributed by atoms with E-state index in [1.807, 2.05) is 0 Å². The van der Waals surface area contributed by atoms with Crippen molar-refractivity contribution in [3.05, 3.63) is 47.0 Å². The van der Waals surface area contributed by atoms with Gasteiger partial charge in [-0.05, 0) is 30.7 Å². The molecule has 0 saturated carbocycles. The Morgan fingerprint density at radius 1 is 1.48 bits per heavy atom. The molecule has 1 atom stereocenters. The van der Waals surface area contributed by atoms with E-state index in [1.165, 1.54) is 12.5 Å². The van der Waals surface area contributed by atoms with Gasteiger partial charge in [0.2, 0.25) is 0 Å². The molecule has 2 rings (SSSR count). The first-order valence-corrected chi connectivity index (χ1v) is 7.22. The van der Waals surface area contributed by atoms with E-state index in [9.17, 15) is 14.7 Å². The number of carboxylic acid groups (broad SMARTS) is 1. The van der Waals surface area contributed by atoms with Crippen molar-refractivity contribution in [3.63, 3.8) is 0 Å². The molecule has 23 heavy (non-hydrogen) atoms. The van der Waals surface area contributed by atoms with Gasteiger partial charge in [-0.2, -0.15) is 0 Å². The van der Waals surface area contributed by atoms with Gasteiger partial charge in [0.15, 0.2) is 6.61 Å². The molecule has 0 aliphatic rings. The van der Waals surface area contributed by atoms with E-state index in [1.54, 1.807) is 25.1 Å². The van der Waals surface area contributed by atoms with Crippen LogP contribution >= 0.6 is 11.6 Å². The summed E-state index contributed by atoms with van der Waals surface area (Å²) in [6, 6.07) is 3.97. The number of aromatic nitrogens is 2. The van der Waals surface area contributed by atoms with Gasteiger partial charge in [0.1, 0.15) is 11.8 Å². The molecule has 2 aromatic rings. The lowest BCUT2D eigenvalue weighted by molar-refractivity contribution is -0.142. The summed E-state index contributed by atoms with van der Waals surface area (Å²) in [4.78, 5) is 29.7. The second kappa shape index (κ2) is 7.64. The molecule has 1 aromatic heterocycles. The molecule has 0 fully saturated rings. The molecule has 0 spiro atoms. The number of aryl methyl sites for hydroxylation is 1. The van der Waals surface area contributed by atoms with Crippen molar-refractivity contribution in [2.75, 3.05) is 6.61 Å². The number of rotatable bonds is 7. The molecule has 0 bridgehead atoms. The normalized spacial score (nSPS) is 11.7. The highest BCUT2D eigenvalue weighted by molar-refractivity contribution is 6.30. The van der Waals surface area contributed by atoms with Crippen LogP contribution in [-0.2, 0) is 16.0 Å². The predicted molar refractivity (Wildman–Crippen MR) is 83.5 cm³/mol. The van der Waals surface area contributed by atoms with Crippen LogP contribution in [0.2, 0.25) is 5.02 Å². The average molecular weight is 338 g/mol. The van der Waals surface area contributed by atoms with Crippen LogP contribution in [0.5, 0.6) is 5.75 Å². The highest BCUT2D eigenvalue weighted by Gasteiger charge is 2.21. The van der Waals surface area contributed by atoms with Gasteiger partial charge in [-0.25, -0.2) is 9.78 Å². The van der Waals surface area contributed by atoms with Gasteiger partial charge in [0, 0.05) is 23.3 Å². The summed E-state index contributed by atoms with van der Waals surface area (Å²) in [6.07, 6.45) is 3.07. The molecule has 0 aliphatic heterocycles. The molecular weight excluding hydrogens is 322 g/mol. The van der Waals surface area contributed by atoms with Crippen LogP contribution in [0.3, 0.4) is 0 Å². The minimum Gasteiger partial charge on any atom is -0.484 e. The van der Waals surface area contributed by atoms with Crippen LogP contribution in [0.25, 0.3) is 0 Å². The Hall–Kier alpha value is -2.54. The highest BCUT2D eigenvalue weighted by atomic mass is 35.5. The number of aliphatic carboxylic acids is 1. The number of hydrogen-bond donors (Lipinski definition) is 3. The van der Waals surface area contributed by atoms with Crippen LogP contribution in [0.15, 0.2) is 30.7 Å². The summed E-state index contributed by atoms with van der Waals surface area (Å²) >= 11 is 5.84. The summed E-state index contributed by atoms with van der Waals surface area (Å²) in [5.41, 5.74) is 1.41. The van der Waals surface area contributed by atoms with Crippen molar-refractivity contribution in [1.29, 1.82) is 0 Å². The number of carboxylic acids is 1. The SMILES string of the molecule is Cc1cc(Cl)ccc1OCC(=O)N[C@@H](Cc1cnc[nH]1)C(=O)O. The number of H-pyrrole nitrogens is 1. The monoisotopic (exact) mass is 337 g/mol. The fraction of sp³-hybridized carbons (Fsp3) is 0.267. The standard InChI is InChI=1S/C15H16ClN3O4/c1-9-4-10(16)2-3-13(9)23-7-14(20)19-12(15(21)22)5-11-6-17-8-18-11/h2-4,6,8,12H,5,7H2,1H3,(H,17,18)(H,19,20)(H,21,22)/t12-/m0/s1. The third kappa shape index (κ3) is 5.00. The van der Waals surface area contributed by atoms with E-state index < -0.39 is 17.9 Å².